The molecule has 1 aromatic rings. The topological polar surface area (TPSA) is 146 Å². The normalized spacial score (nSPS) is 21.5. The summed E-state index contributed by atoms with van der Waals surface area (Å²) in [7, 11) is 0. The number of hydrogen-bond acceptors (Lipinski definition) is 9. The van der Waals surface area contributed by atoms with Crippen LogP contribution < -0.4 is 10.0 Å². The number of allylic oxidation sites excluding steroid dienone is 4. The SMILES string of the molecule is O=C1C(=C2C(O)=CC(=[N+]3CCOCC3)C=C2O)C([O-])=C1c1c(O)cc(N2CCOCC2)cc1O. The second-order valence-corrected chi connectivity index (χ2v) is 8.33. The zero-order chi connectivity index (χ0) is 24.0. The number of Topliss-reactive ketones (excluding diaryl/α,β-unsaturated/α-hetero) is 1. The van der Waals surface area contributed by atoms with Crippen molar-refractivity contribution >= 4 is 22.8 Å². The number of ketones is 1. The average molecular weight is 468 g/mol. The molecule has 2 heterocycles. The fraction of sp³-hybridized carbons (Fsp3) is 0.333. The number of carbonyl (C=O) groups is 1. The molecule has 5 rings (SSSR count). The molecule has 34 heavy (non-hydrogen) atoms. The Morgan fingerprint density at radius 3 is 1.94 bits per heavy atom. The van der Waals surface area contributed by atoms with Crippen molar-refractivity contribution in [2.45, 2.75) is 0 Å². The lowest BCUT2D eigenvalue weighted by molar-refractivity contribution is -0.548. The predicted molar refractivity (Wildman–Crippen MR) is 119 cm³/mol. The third kappa shape index (κ3) is 3.61. The molecule has 0 aromatic heterocycles. The van der Waals surface area contributed by atoms with Crippen LogP contribution in [-0.2, 0) is 14.3 Å². The van der Waals surface area contributed by atoms with E-state index in [0.29, 0.717) is 64.0 Å². The van der Waals surface area contributed by atoms with Crippen LogP contribution in [0, 0.1) is 0 Å². The second kappa shape index (κ2) is 8.54. The van der Waals surface area contributed by atoms with Crippen molar-refractivity contribution in [1.29, 1.82) is 0 Å². The van der Waals surface area contributed by atoms with Gasteiger partial charge in [-0.1, -0.05) is 5.76 Å². The Morgan fingerprint density at radius 1 is 0.824 bits per heavy atom. The number of hydrogen-bond donors (Lipinski definition) is 4. The number of rotatable bonds is 2. The van der Waals surface area contributed by atoms with E-state index in [0.717, 1.165) is 0 Å². The highest BCUT2D eigenvalue weighted by molar-refractivity contribution is 6.40. The van der Waals surface area contributed by atoms with E-state index >= 15 is 0 Å². The van der Waals surface area contributed by atoms with Gasteiger partial charge in [-0.2, -0.15) is 0 Å². The van der Waals surface area contributed by atoms with Crippen LogP contribution in [0.3, 0.4) is 0 Å². The molecule has 0 spiro atoms. The maximum absolute atomic E-state index is 13.0. The number of phenols is 2. The lowest BCUT2D eigenvalue weighted by atomic mass is 9.78. The first-order valence-electron chi connectivity index (χ1n) is 11.0. The first-order valence-corrected chi connectivity index (χ1v) is 11.0. The predicted octanol–water partition coefficient (Wildman–Crippen LogP) is 0.266. The summed E-state index contributed by atoms with van der Waals surface area (Å²) in [5.74, 6) is -3.19. The van der Waals surface area contributed by atoms with Gasteiger partial charge in [0.2, 0.25) is 5.71 Å². The number of carbonyl (C=O) groups excluding carboxylic acids is 1. The van der Waals surface area contributed by atoms with E-state index in [4.69, 9.17) is 9.47 Å². The number of morpholine rings is 2. The van der Waals surface area contributed by atoms with E-state index in [1.807, 2.05) is 9.48 Å². The Bertz CT molecular complexity index is 1180. The number of nitrogens with zero attached hydrogens (tertiary/aromatic N) is 2. The molecule has 1 aromatic carbocycles. The molecule has 2 fully saturated rings. The molecular formula is C24H24N2O8. The molecule has 10 nitrogen and oxygen atoms in total. The monoisotopic (exact) mass is 468 g/mol. The van der Waals surface area contributed by atoms with Crippen LogP contribution in [0.4, 0.5) is 5.69 Å². The van der Waals surface area contributed by atoms with E-state index in [1.54, 1.807) is 0 Å². The van der Waals surface area contributed by atoms with Crippen LogP contribution in [-0.4, -0.2) is 89.1 Å². The first-order chi connectivity index (χ1) is 16.4. The summed E-state index contributed by atoms with van der Waals surface area (Å²) in [6.07, 6.45) is 2.77. The molecule has 0 unspecified atom stereocenters. The molecule has 0 amide bonds. The van der Waals surface area contributed by atoms with Gasteiger partial charge in [0.15, 0.2) is 18.9 Å². The summed E-state index contributed by atoms with van der Waals surface area (Å²) in [5, 5.41) is 55.2. The van der Waals surface area contributed by atoms with Gasteiger partial charge in [0.1, 0.15) is 36.2 Å². The molecule has 4 aliphatic rings. The van der Waals surface area contributed by atoms with E-state index in [9.17, 15) is 30.3 Å². The van der Waals surface area contributed by atoms with E-state index in [-0.39, 0.29) is 11.1 Å². The molecule has 0 bridgehead atoms. The maximum atomic E-state index is 13.0. The molecule has 0 radical (unpaired) electrons. The van der Waals surface area contributed by atoms with Crippen LogP contribution in [0.15, 0.2) is 52.7 Å². The van der Waals surface area contributed by atoms with Crippen molar-refractivity contribution < 1.29 is 44.4 Å². The Labute approximate surface area is 194 Å². The third-order valence-corrected chi connectivity index (χ3v) is 6.32. The highest BCUT2D eigenvalue weighted by Gasteiger charge is 2.38. The lowest BCUT2D eigenvalue weighted by Gasteiger charge is -2.34. The number of ether oxygens (including phenoxy) is 2. The van der Waals surface area contributed by atoms with Crippen molar-refractivity contribution in [1.82, 2.24) is 0 Å². The van der Waals surface area contributed by atoms with Crippen LogP contribution in [0.1, 0.15) is 5.56 Å². The summed E-state index contributed by atoms with van der Waals surface area (Å²) in [4.78, 5) is 14.9. The van der Waals surface area contributed by atoms with Crippen molar-refractivity contribution in [3.63, 3.8) is 0 Å². The standard InChI is InChI=1S/C24H24N2O8/c27-15-9-13(25-1-5-33-6-2-25)10-16(28)19(15)21-23(31)22(24(21)32)20-17(29)11-14(12-18(20)30)26-3-7-34-8-4-26/h9-12H,1-8H2,(H4,27,28,29,30,31,32). The molecule has 2 aliphatic heterocycles. The number of aromatic hydroxyl groups is 2. The average Bonchev–Trinajstić information content (AvgIpc) is 2.84. The summed E-state index contributed by atoms with van der Waals surface area (Å²) in [5.41, 5.74) is -0.233. The van der Waals surface area contributed by atoms with Gasteiger partial charge in [-0.05, 0) is 0 Å². The van der Waals surface area contributed by atoms with Gasteiger partial charge in [-0.3, -0.25) is 4.79 Å². The van der Waals surface area contributed by atoms with Gasteiger partial charge in [0, 0.05) is 42.1 Å². The van der Waals surface area contributed by atoms with Crippen molar-refractivity contribution in [2.24, 2.45) is 0 Å². The van der Waals surface area contributed by atoms with Gasteiger partial charge < -0.3 is 39.9 Å². The summed E-state index contributed by atoms with van der Waals surface area (Å²) < 4.78 is 12.5. The minimum absolute atomic E-state index is 0.264. The minimum Gasteiger partial charge on any atom is -0.871 e. The van der Waals surface area contributed by atoms with Gasteiger partial charge in [0.25, 0.3) is 0 Å². The maximum Gasteiger partial charge on any atom is 0.207 e. The zero-order valence-electron chi connectivity index (χ0n) is 18.3. The summed E-state index contributed by atoms with van der Waals surface area (Å²) in [6.45, 7) is 4.32. The Kier molecular flexibility index (Phi) is 5.54. The van der Waals surface area contributed by atoms with Crippen LogP contribution >= 0.6 is 0 Å². The van der Waals surface area contributed by atoms with E-state index < -0.39 is 45.7 Å². The Balaban J connectivity index is 1.52. The molecule has 2 saturated heterocycles. The number of benzene rings is 1. The highest BCUT2D eigenvalue weighted by atomic mass is 16.5. The Hall–Kier alpha value is -3.76. The van der Waals surface area contributed by atoms with Crippen LogP contribution in [0.5, 0.6) is 11.5 Å². The van der Waals surface area contributed by atoms with Crippen molar-refractivity contribution in [3.8, 4) is 11.5 Å². The quantitative estimate of drug-likeness (QED) is 0.355. The van der Waals surface area contributed by atoms with Gasteiger partial charge in [0.05, 0.1) is 36.5 Å². The lowest BCUT2D eigenvalue weighted by Crippen LogP contribution is -2.36. The first kappa shape index (κ1) is 22.1. The number of aliphatic hydroxyl groups is 2. The fourth-order valence-corrected chi connectivity index (χ4v) is 4.56. The second-order valence-electron chi connectivity index (χ2n) is 8.33. The largest absolute Gasteiger partial charge is 0.871 e. The van der Waals surface area contributed by atoms with E-state index in [2.05, 4.69) is 0 Å². The zero-order valence-corrected chi connectivity index (χ0v) is 18.3. The molecule has 0 saturated carbocycles. The van der Waals surface area contributed by atoms with Gasteiger partial charge in [-0.15, -0.1) is 0 Å². The third-order valence-electron chi connectivity index (χ3n) is 6.32. The molecule has 2 aliphatic carbocycles. The smallest absolute Gasteiger partial charge is 0.207 e. The number of anilines is 1. The molecule has 178 valence electrons. The van der Waals surface area contributed by atoms with Crippen LogP contribution in [0.2, 0.25) is 0 Å². The molecule has 0 atom stereocenters. The number of aliphatic hydroxyl groups excluding tert-OH is 2. The van der Waals surface area contributed by atoms with Gasteiger partial charge >= 0.3 is 0 Å². The van der Waals surface area contributed by atoms with Crippen molar-refractivity contribution in [3.05, 3.63) is 58.3 Å². The highest BCUT2D eigenvalue weighted by Crippen LogP contribution is 2.47. The van der Waals surface area contributed by atoms with Crippen molar-refractivity contribution in [2.75, 3.05) is 57.5 Å². The van der Waals surface area contributed by atoms with Gasteiger partial charge in [-0.25, -0.2) is 4.58 Å². The fourth-order valence-electron chi connectivity index (χ4n) is 4.56. The molecule has 4 N–H and O–H groups in total. The molecule has 10 heteroatoms. The molecular weight excluding hydrogens is 444 g/mol. The Morgan fingerprint density at radius 2 is 1.38 bits per heavy atom. The summed E-state index contributed by atoms with van der Waals surface area (Å²) >= 11 is 0. The van der Waals surface area contributed by atoms with Crippen LogP contribution in [0.25, 0.3) is 5.57 Å². The van der Waals surface area contributed by atoms with E-state index in [1.165, 1.54) is 24.3 Å². The number of phenolic OH excluding ortho intramolecular Hbond substituents is 2. The minimum atomic E-state index is -0.778. The summed E-state index contributed by atoms with van der Waals surface area (Å²) in [6, 6.07) is 2.77.